The fourth-order valence-electron chi connectivity index (χ4n) is 1.12. The van der Waals surface area contributed by atoms with E-state index in [1.54, 1.807) is 18.5 Å². The Labute approximate surface area is 93.0 Å². The molecule has 15 heavy (non-hydrogen) atoms. The van der Waals surface area contributed by atoms with Crippen molar-refractivity contribution in [1.29, 1.82) is 0 Å². The Kier molecular flexibility index (Phi) is 3.70. The summed E-state index contributed by atoms with van der Waals surface area (Å²) in [5.41, 5.74) is 5.72. The Morgan fingerprint density at radius 3 is 2.53 bits per heavy atom. The van der Waals surface area contributed by atoms with Crippen LogP contribution in [-0.2, 0) is 0 Å². The van der Waals surface area contributed by atoms with Gasteiger partial charge in [-0.25, -0.2) is 15.0 Å². The first-order valence-electron chi connectivity index (χ1n) is 4.22. The van der Waals surface area contributed by atoms with E-state index < -0.39 is 0 Å². The first kappa shape index (κ1) is 11.5. The molecule has 0 aliphatic heterocycles. The monoisotopic (exact) mass is 226 g/mol. The van der Waals surface area contributed by atoms with Crippen molar-refractivity contribution < 1.29 is 0 Å². The summed E-state index contributed by atoms with van der Waals surface area (Å²) in [4.78, 5) is 12.2. The second-order valence-corrected chi connectivity index (χ2v) is 2.87. The van der Waals surface area contributed by atoms with Crippen molar-refractivity contribution in [2.24, 2.45) is 5.73 Å². The lowest BCUT2D eigenvalue weighted by Crippen LogP contribution is -2.14. The number of hydrogen-bond donors (Lipinski definition) is 1. The van der Waals surface area contributed by atoms with Crippen LogP contribution in [0.1, 0.15) is 18.8 Å². The molecular formula is C8H11ClN6. The Hall–Kier alpha value is -1.53. The molecule has 2 heterocycles. The molecule has 0 saturated carbocycles. The average Bonchev–Trinajstić information content (AvgIpc) is 2.67. The van der Waals surface area contributed by atoms with E-state index in [4.69, 9.17) is 5.73 Å². The number of rotatable bonds is 2. The van der Waals surface area contributed by atoms with Crippen LogP contribution in [0.4, 0.5) is 0 Å². The van der Waals surface area contributed by atoms with Gasteiger partial charge in [-0.05, 0) is 13.0 Å². The molecule has 6 nitrogen and oxygen atoms in total. The topological polar surface area (TPSA) is 82.5 Å². The molecule has 2 aromatic heterocycles. The maximum absolute atomic E-state index is 5.72. The smallest absolute Gasteiger partial charge is 0.252 e. The number of halogens is 1. The molecular weight excluding hydrogens is 216 g/mol. The predicted molar refractivity (Wildman–Crippen MR) is 56.8 cm³/mol. The third-order valence-corrected chi connectivity index (χ3v) is 1.72. The second kappa shape index (κ2) is 4.81. The highest BCUT2D eigenvalue weighted by Gasteiger charge is 2.11. The Morgan fingerprint density at radius 2 is 1.93 bits per heavy atom. The molecule has 1 atom stereocenters. The van der Waals surface area contributed by atoms with Gasteiger partial charge in [0.05, 0.1) is 6.04 Å². The van der Waals surface area contributed by atoms with E-state index in [1.165, 1.54) is 11.0 Å². The van der Waals surface area contributed by atoms with Gasteiger partial charge in [-0.15, -0.1) is 12.4 Å². The molecule has 0 aliphatic carbocycles. The van der Waals surface area contributed by atoms with Gasteiger partial charge < -0.3 is 5.73 Å². The highest BCUT2D eigenvalue weighted by molar-refractivity contribution is 5.85. The van der Waals surface area contributed by atoms with Gasteiger partial charge in [0.25, 0.3) is 5.95 Å². The molecule has 2 rings (SSSR count). The summed E-state index contributed by atoms with van der Waals surface area (Å²) in [6, 6.07) is 1.55. The molecule has 0 radical (unpaired) electrons. The normalized spacial score (nSPS) is 11.9. The molecule has 7 heteroatoms. The molecule has 2 N–H and O–H groups in total. The molecule has 0 aliphatic rings. The Balaban J connectivity index is 0.00000112. The van der Waals surface area contributed by atoms with Crippen molar-refractivity contribution in [3.05, 3.63) is 30.6 Å². The van der Waals surface area contributed by atoms with Crippen molar-refractivity contribution >= 4 is 12.4 Å². The molecule has 2 aromatic rings. The lowest BCUT2D eigenvalue weighted by molar-refractivity contribution is 0.669. The van der Waals surface area contributed by atoms with Crippen molar-refractivity contribution in [1.82, 2.24) is 24.7 Å². The van der Waals surface area contributed by atoms with E-state index in [1.807, 2.05) is 6.92 Å². The largest absolute Gasteiger partial charge is 0.322 e. The minimum absolute atomic E-state index is 0. The standard InChI is InChI=1S/C8H10N6.ClH/c1-6(9)7-12-5-13-14(7)8-10-3-2-4-11-8;/h2-6H,9H2,1H3;1H. The number of hydrogen-bond acceptors (Lipinski definition) is 5. The first-order valence-corrected chi connectivity index (χ1v) is 4.22. The van der Waals surface area contributed by atoms with Crippen LogP contribution in [-0.4, -0.2) is 24.7 Å². The summed E-state index contributed by atoms with van der Waals surface area (Å²) < 4.78 is 1.53. The van der Waals surface area contributed by atoms with Crippen LogP contribution in [0.5, 0.6) is 0 Å². The van der Waals surface area contributed by atoms with E-state index in [0.717, 1.165) is 0 Å². The summed E-state index contributed by atoms with van der Waals surface area (Å²) in [6.07, 6.45) is 4.74. The van der Waals surface area contributed by atoms with Crippen LogP contribution in [0.3, 0.4) is 0 Å². The average molecular weight is 227 g/mol. The quantitative estimate of drug-likeness (QED) is 0.806. The maximum atomic E-state index is 5.72. The van der Waals surface area contributed by atoms with Crippen molar-refractivity contribution in [2.45, 2.75) is 13.0 Å². The Bertz CT molecular complexity index is 412. The van der Waals surface area contributed by atoms with E-state index in [2.05, 4.69) is 20.1 Å². The fraction of sp³-hybridized carbons (Fsp3) is 0.250. The van der Waals surface area contributed by atoms with E-state index in [-0.39, 0.29) is 18.4 Å². The van der Waals surface area contributed by atoms with Crippen molar-refractivity contribution in [3.63, 3.8) is 0 Å². The summed E-state index contributed by atoms with van der Waals surface area (Å²) in [7, 11) is 0. The first-order chi connectivity index (χ1) is 6.79. The van der Waals surface area contributed by atoms with Gasteiger partial charge in [-0.2, -0.15) is 9.78 Å². The van der Waals surface area contributed by atoms with Crippen LogP contribution in [0.2, 0.25) is 0 Å². The predicted octanol–water partition coefficient (Wildman–Crippen LogP) is 0.499. The summed E-state index contributed by atoms with van der Waals surface area (Å²) in [5, 5.41) is 4.01. The van der Waals surface area contributed by atoms with Crippen LogP contribution >= 0.6 is 12.4 Å². The second-order valence-electron chi connectivity index (χ2n) is 2.87. The van der Waals surface area contributed by atoms with Crippen LogP contribution in [0, 0.1) is 0 Å². The van der Waals surface area contributed by atoms with E-state index >= 15 is 0 Å². The molecule has 0 saturated heterocycles. The van der Waals surface area contributed by atoms with Gasteiger partial charge in [-0.3, -0.25) is 0 Å². The minimum Gasteiger partial charge on any atom is -0.322 e. The lowest BCUT2D eigenvalue weighted by Gasteiger charge is -2.05. The SMILES string of the molecule is CC(N)c1ncnn1-c1ncccn1.Cl. The summed E-state index contributed by atoms with van der Waals surface area (Å²) >= 11 is 0. The fourth-order valence-corrected chi connectivity index (χ4v) is 1.12. The van der Waals surface area contributed by atoms with Crippen molar-refractivity contribution in [2.75, 3.05) is 0 Å². The number of nitrogens with two attached hydrogens (primary N) is 1. The summed E-state index contributed by atoms with van der Waals surface area (Å²) in [5.74, 6) is 1.13. The van der Waals surface area contributed by atoms with Crippen molar-refractivity contribution in [3.8, 4) is 5.95 Å². The molecule has 0 aromatic carbocycles. The molecule has 0 spiro atoms. The van der Waals surface area contributed by atoms with Gasteiger partial charge >= 0.3 is 0 Å². The van der Waals surface area contributed by atoms with E-state index in [9.17, 15) is 0 Å². The lowest BCUT2D eigenvalue weighted by atomic mass is 10.3. The zero-order chi connectivity index (χ0) is 9.97. The minimum atomic E-state index is -0.193. The third-order valence-electron chi connectivity index (χ3n) is 1.72. The van der Waals surface area contributed by atoms with Crippen LogP contribution in [0.25, 0.3) is 5.95 Å². The zero-order valence-corrected chi connectivity index (χ0v) is 8.92. The molecule has 0 bridgehead atoms. The van der Waals surface area contributed by atoms with Gasteiger partial charge in [-0.1, -0.05) is 0 Å². The van der Waals surface area contributed by atoms with Crippen LogP contribution in [0.15, 0.2) is 24.8 Å². The highest BCUT2D eigenvalue weighted by Crippen LogP contribution is 2.07. The van der Waals surface area contributed by atoms with Gasteiger partial charge in [0.2, 0.25) is 0 Å². The number of nitrogens with zero attached hydrogens (tertiary/aromatic N) is 5. The van der Waals surface area contributed by atoms with Crippen LogP contribution < -0.4 is 5.73 Å². The molecule has 0 fully saturated rings. The summed E-state index contributed by atoms with van der Waals surface area (Å²) in [6.45, 7) is 1.84. The number of aromatic nitrogens is 5. The maximum Gasteiger partial charge on any atom is 0.252 e. The molecule has 1 unspecified atom stereocenters. The highest BCUT2D eigenvalue weighted by atomic mass is 35.5. The zero-order valence-electron chi connectivity index (χ0n) is 8.11. The molecule has 0 amide bonds. The Morgan fingerprint density at radius 1 is 1.27 bits per heavy atom. The van der Waals surface area contributed by atoms with Gasteiger partial charge in [0.15, 0.2) is 5.82 Å². The van der Waals surface area contributed by atoms with Gasteiger partial charge in [0.1, 0.15) is 6.33 Å². The van der Waals surface area contributed by atoms with Gasteiger partial charge in [0, 0.05) is 12.4 Å². The third kappa shape index (κ3) is 2.28. The van der Waals surface area contributed by atoms with E-state index in [0.29, 0.717) is 11.8 Å². The molecule has 80 valence electrons.